The standard InChI is InChI=1S/C6H6BrIO3/c7-2-5-11-6(9)10-4-1-3-8/h2,4-5H2. The fourth-order valence-corrected chi connectivity index (χ4v) is 0.603. The van der Waals surface area contributed by atoms with Crippen LogP contribution in [0.5, 0.6) is 0 Å². The first-order valence-electron chi connectivity index (χ1n) is 2.75. The van der Waals surface area contributed by atoms with Crippen molar-refractivity contribution in [1.82, 2.24) is 0 Å². The minimum Gasteiger partial charge on any atom is -0.433 e. The maximum atomic E-state index is 10.5. The Morgan fingerprint density at radius 3 is 2.82 bits per heavy atom. The highest BCUT2D eigenvalue weighted by Crippen LogP contribution is 1.87. The van der Waals surface area contributed by atoms with E-state index in [0.717, 1.165) is 0 Å². The third-order valence-corrected chi connectivity index (χ3v) is 1.33. The van der Waals surface area contributed by atoms with Crippen molar-refractivity contribution in [2.45, 2.75) is 0 Å². The van der Waals surface area contributed by atoms with E-state index in [0.29, 0.717) is 11.9 Å². The molecule has 62 valence electrons. The van der Waals surface area contributed by atoms with Crippen LogP contribution in [0.15, 0.2) is 0 Å². The molecule has 0 aliphatic carbocycles. The van der Waals surface area contributed by atoms with E-state index in [-0.39, 0.29) is 6.61 Å². The van der Waals surface area contributed by atoms with Gasteiger partial charge in [0.05, 0.1) is 0 Å². The molecule has 0 fully saturated rings. The van der Waals surface area contributed by atoms with Gasteiger partial charge in [0.15, 0.2) is 6.61 Å². The zero-order chi connectivity index (χ0) is 8.53. The number of alkyl halides is 1. The van der Waals surface area contributed by atoms with Crippen molar-refractivity contribution in [3.05, 3.63) is 0 Å². The lowest BCUT2D eigenvalue weighted by Crippen LogP contribution is -2.08. The van der Waals surface area contributed by atoms with Gasteiger partial charge >= 0.3 is 6.16 Å². The topological polar surface area (TPSA) is 35.5 Å². The number of halogens is 2. The molecule has 0 aromatic heterocycles. The van der Waals surface area contributed by atoms with Crippen LogP contribution in [0, 0.1) is 9.85 Å². The Balaban J connectivity index is 3.27. The van der Waals surface area contributed by atoms with Gasteiger partial charge in [-0.1, -0.05) is 21.9 Å². The Bertz CT molecular complexity index is 172. The first-order chi connectivity index (χ1) is 5.31. The van der Waals surface area contributed by atoms with E-state index in [9.17, 15) is 4.79 Å². The molecule has 0 rings (SSSR count). The van der Waals surface area contributed by atoms with Crippen molar-refractivity contribution >= 4 is 44.7 Å². The van der Waals surface area contributed by atoms with Crippen LogP contribution in [-0.2, 0) is 9.47 Å². The molecule has 0 radical (unpaired) electrons. The van der Waals surface area contributed by atoms with Crippen LogP contribution in [0.2, 0.25) is 0 Å². The van der Waals surface area contributed by atoms with Gasteiger partial charge in [-0.3, -0.25) is 0 Å². The third kappa shape index (κ3) is 7.94. The van der Waals surface area contributed by atoms with Crippen LogP contribution in [0.3, 0.4) is 0 Å². The Hall–Kier alpha value is 0.0400. The molecule has 0 saturated carbocycles. The molecule has 0 spiro atoms. The molecule has 0 unspecified atom stereocenters. The van der Waals surface area contributed by atoms with Crippen LogP contribution in [0.25, 0.3) is 0 Å². The van der Waals surface area contributed by atoms with Crippen molar-refractivity contribution < 1.29 is 14.3 Å². The number of carbonyl (C=O) groups excluding carboxylic acids is 1. The maximum absolute atomic E-state index is 10.5. The highest BCUT2D eigenvalue weighted by molar-refractivity contribution is 14.1. The Kier molecular flexibility index (Phi) is 8.17. The van der Waals surface area contributed by atoms with E-state index in [1.807, 2.05) is 22.6 Å². The Labute approximate surface area is 87.1 Å². The summed E-state index contributed by atoms with van der Waals surface area (Å²) in [7, 11) is 0. The molecule has 0 aliphatic rings. The van der Waals surface area contributed by atoms with Crippen molar-refractivity contribution in [3.63, 3.8) is 0 Å². The van der Waals surface area contributed by atoms with Crippen molar-refractivity contribution in [3.8, 4) is 9.85 Å². The molecular formula is C6H6BrIO3. The normalized spacial score (nSPS) is 7.82. The Morgan fingerprint density at radius 1 is 1.55 bits per heavy atom. The smallest absolute Gasteiger partial charge is 0.433 e. The van der Waals surface area contributed by atoms with Crippen LogP contribution in [0.1, 0.15) is 0 Å². The lowest BCUT2D eigenvalue weighted by Gasteiger charge is -1.99. The lowest BCUT2D eigenvalue weighted by atomic mass is 10.8. The molecule has 0 heterocycles. The van der Waals surface area contributed by atoms with Gasteiger partial charge < -0.3 is 9.47 Å². The van der Waals surface area contributed by atoms with Crippen LogP contribution < -0.4 is 0 Å². The summed E-state index contributed by atoms with van der Waals surface area (Å²) in [6.45, 7) is 0.403. The average Bonchev–Trinajstić information content (AvgIpc) is 2.01. The molecule has 0 aliphatic heterocycles. The number of carbonyl (C=O) groups is 1. The van der Waals surface area contributed by atoms with Gasteiger partial charge in [0.25, 0.3) is 0 Å². The summed E-state index contributed by atoms with van der Waals surface area (Å²) in [6, 6.07) is 0. The number of rotatable bonds is 3. The fourth-order valence-electron chi connectivity index (χ4n) is 0.286. The minimum atomic E-state index is -0.677. The molecule has 0 amide bonds. The largest absolute Gasteiger partial charge is 0.509 e. The predicted molar refractivity (Wildman–Crippen MR) is 52.9 cm³/mol. The van der Waals surface area contributed by atoms with Gasteiger partial charge in [0.2, 0.25) is 0 Å². The SMILES string of the molecule is O=C(OCC#CI)OCCBr. The Morgan fingerprint density at radius 2 is 2.27 bits per heavy atom. The molecule has 0 N–H and O–H groups in total. The highest BCUT2D eigenvalue weighted by atomic mass is 127. The first kappa shape index (κ1) is 11.0. The summed E-state index contributed by atoms with van der Waals surface area (Å²) in [5.74, 6) is 2.56. The second kappa shape index (κ2) is 8.14. The summed E-state index contributed by atoms with van der Waals surface area (Å²) in [5, 5.41) is 0.611. The summed E-state index contributed by atoms with van der Waals surface area (Å²) < 4.78 is 11.6. The first-order valence-corrected chi connectivity index (χ1v) is 4.95. The zero-order valence-corrected chi connectivity index (χ0v) is 9.35. The van der Waals surface area contributed by atoms with Gasteiger partial charge in [-0.15, -0.1) is 0 Å². The molecule has 0 bridgehead atoms. The maximum Gasteiger partial charge on any atom is 0.509 e. The zero-order valence-electron chi connectivity index (χ0n) is 5.60. The number of hydrogen-bond donors (Lipinski definition) is 0. The van der Waals surface area contributed by atoms with Crippen molar-refractivity contribution in [2.24, 2.45) is 0 Å². The molecule has 0 aromatic carbocycles. The van der Waals surface area contributed by atoms with Gasteiger partial charge in [-0.2, -0.15) is 0 Å². The molecular weight excluding hydrogens is 327 g/mol. The van der Waals surface area contributed by atoms with E-state index in [1.54, 1.807) is 0 Å². The summed E-state index contributed by atoms with van der Waals surface area (Å²) in [5.41, 5.74) is 0. The van der Waals surface area contributed by atoms with E-state index < -0.39 is 6.16 Å². The monoisotopic (exact) mass is 332 g/mol. The van der Waals surface area contributed by atoms with E-state index in [1.165, 1.54) is 0 Å². The minimum absolute atomic E-state index is 0.0874. The molecule has 11 heavy (non-hydrogen) atoms. The highest BCUT2D eigenvalue weighted by Gasteiger charge is 1.99. The summed E-state index contributed by atoms with van der Waals surface area (Å²) in [4.78, 5) is 10.5. The van der Waals surface area contributed by atoms with Crippen LogP contribution >= 0.6 is 38.5 Å². The molecule has 5 heteroatoms. The fraction of sp³-hybridized carbons (Fsp3) is 0.500. The van der Waals surface area contributed by atoms with Gasteiger partial charge in [0, 0.05) is 27.9 Å². The molecule has 0 aromatic rings. The summed E-state index contributed by atoms with van der Waals surface area (Å²) in [6.07, 6.45) is -0.677. The van der Waals surface area contributed by atoms with Crippen molar-refractivity contribution in [2.75, 3.05) is 18.5 Å². The van der Waals surface area contributed by atoms with E-state index in [2.05, 4.69) is 35.3 Å². The predicted octanol–water partition coefficient (Wildman–Crippen LogP) is 1.93. The van der Waals surface area contributed by atoms with E-state index in [4.69, 9.17) is 0 Å². The van der Waals surface area contributed by atoms with Gasteiger partial charge in [-0.25, -0.2) is 4.79 Å². The third-order valence-electron chi connectivity index (χ3n) is 0.626. The van der Waals surface area contributed by atoms with E-state index >= 15 is 0 Å². The average molecular weight is 333 g/mol. The van der Waals surface area contributed by atoms with Crippen LogP contribution in [0.4, 0.5) is 4.79 Å². The van der Waals surface area contributed by atoms with Gasteiger partial charge in [0.1, 0.15) is 6.61 Å². The molecule has 0 saturated heterocycles. The number of ether oxygens (including phenoxy) is 2. The van der Waals surface area contributed by atoms with Crippen molar-refractivity contribution in [1.29, 1.82) is 0 Å². The summed E-state index contributed by atoms with van der Waals surface area (Å²) >= 11 is 4.96. The quantitative estimate of drug-likeness (QED) is 0.343. The second-order valence-corrected chi connectivity index (χ2v) is 2.68. The van der Waals surface area contributed by atoms with Crippen LogP contribution in [-0.4, -0.2) is 24.7 Å². The molecule has 3 nitrogen and oxygen atoms in total. The number of hydrogen-bond acceptors (Lipinski definition) is 3. The lowest BCUT2D eigenvalue weighted by molar-refractivity contribution is 0.0696. The second-order valence-electron chi connectivity index (χ2n) is 1.35. The van der Waals surface area contributed by atoms with Gasteiger partial charge in [-0.05, 0) is 3.93 Å². The molecule has 0 atom stereocenters.